The number of benzene rings is 2. The highest BCUT2D eigenvalue weighted by Crippen LogP contribution is 2.18. The number of likely N-dealkylation sites (N-methyl/N-ethyl adjacent to an activating group) is 1. The lowest BCUT2D eigenvalue weighted by Gasteiger charge is -2.28. The first-order chi connectivity index (χ1) is 13.3. The van der Waals surface area contributed by atoms with Crippen LogP contribution in [-0.4, -0.2) is 35.9 Å². The minimum atomic E-state index is -0.603. The molecule has 28 heavy (non-hydrogen) atoms. The molecule has 2 amide bonds. The Hall–Kier alpha value is -2.34. The maximum atomic E-state index is 12.9. The molecule has 2 aromatic carbocycles. The molecule has 0 aliphatic heterocycles. The Kier molecular flexibility index (Phi) is 8.05. The second-order valence-electron chi connectivity index (χ2n) is 6.83. The lowest BCUT2D eigenvalue weighted by Crippen LogP contribution is -2.49. The SMILES string of the molecule is CCNC(=O)C(C)N(Cc1cccc(Br)c1)C(=O)COc1cc(C)cc(C)c1. The molecule has 0 spiro atoms. The number of ether oxygens (including phenoxy) is 1. The molecule has 0 aliphatic rings. The van der Waals surface area contributed by atoms with E-state index in [1.807, 2.05) is 63.2 Å². The van der Waals surface area contributed by atoms with Gasteiger partial charge in [-0.25, -0.2) is 0 Å². The molecule has 1 atom stereocenters. The number of carbonyl (C=O) groups excluding carboxylic acids is 2. The number of amides is 2. The normalized spacial score (nSPS) is 11.6. The zero-order valence-electron chi connectivity index (χ0n) is 16.8. The van der Waals surface area contributed by atoms with Gasteiger partial charge in [0.05, 0.1) is 0 Å². The monoisotopic (exact) mass is 446 g/mol. The predicted molar refractivity (Wildman–Crippen MR) is 114 cm³/mol. The van der Waals surface area contributed by atoms with Crippen LogP contribution in [0.15, 0.2) is 46.9 Å². The summed E-state index contributed by atoms with van der Waals surface area (Å²) in [5.41, 5.74) is 3.08. The van der Waals surface area contributed by atoms with Crippen molar-refractivity contribution in [3.05, 3.63) is 63.6 Å². The highest BCUT2D eigenvalue weighted by Gasteiger charge is 2.26. The number of nitrogens with zero attached hydrogens (tertiary/aromatic N) is 1. The molecule has 0 aromatic heterocycles. The first-order valence-electron chi connectivity index (χ1n) is 9.33. The molecule has 0 saturated carbocycles. The van der Waals surface area contributed by atoms with Crippen molar-refractivity contribution in [1.29, 1.82) is 0 Å². The molecule has 0 heterocycles. The number of hydrogen-bond donors (Lipinski definition) is 1. The molecule has 2 aromatic rings. The fourth-order valence-corrected chi connectivity index (χ4v) is 3.43. The molecule has 0 radical (unpaired) electrons. The molecule has 0 fully saturated rings. The molecule has 5 nitrogen and oxygen atoms in total. The molecule has 1 unspecified atom stereocenters. The van der Waals surface area contributed by atoms with Gasteiger partial charge in [0.1, 0.15) is 11.8 Å². The standard InChI is InChI=1S/C22H27BrN2O3/c1-5-24-22(27)17(4)25(13-18-7-6-8-19(23)12-18)21(26)14-28-20-10-15(2)9-16(3)11-20/h6-12,17H,5,13-14H2,1-4H3,(H,24,27). The van der Waals surface area contributed by atoms with Gasteiger partial charge in [0, 0.05) is 17.6 Å². The maximum absolute atomic E-state index is 12.9. The average Bonchev–Trinajstić information content (AvgIpc) is 2.63. The number of nitrogens with one attached hydrogen (secondary N) is 1. The summed E-state index contributed by atoms with van der Waals surface area (Å²) in [5.74, 6) is 0.231. The summed E-state index contributed by atoms with van der Waals surface area (Å²) in [7, 11) is 0. The van der Waals surface area contributed by atoms with Gasteiger partial charge in [-0.1, -0.05) is 34.1 Å². The number of halogens is 1. The summed E-state index contributed by atoms with van der Waals surface area (Å²) in [4.78, 5) is 26.8. The first-order valence-corrected chi connectivity index (χ1v) is 10.1. The third kappa shape index (κ3) is 6.37. The topological polar surface area (TPSA) is 58.6 Å². The smallest absolute Gasteiger partial charge is 0.261 e. The van der Waals surface area contributed by atoms with E-state index in [1.54, 1.807) is 11.8 Å². The van der Waals surface area contributed by atoms with Crippen LogP contribution in [0.3, 0.4) is 0 Å². The second kappa shape index (κ2) is 10.3. The molecule has 1 N–H and O–H groups in total. The minimum Gasteiger partial charge on any atom is -0.484 e. The van der Waals surface area contributed by atoms with Crippen molar-refractivity contribution < 1.29 is 14.3 Å². The molecule has 2 rings (SSSR count). The highest BCUT2D eigenvalue weighted by molar-refractivity contribution is 9.10. The van der Waals surface area contributed by atoms with E-state index in [4.69, 9.17) is 4.74 Å². The third-order valence-electron chi connectivity index (χ3n) is 4.32. The maximum Gasteiger partial charge on any atom is 0.261 e. The summed E-state index contributed by atoms with van der Waals surface area (Å²) < 4.78 is 6.66. The lowest BCUT2D eigenvalue weighted by molar-refractivity contribution is -0.142. The molecule has 0 aliphatic carbocycles. The van der Waals surface area contributed by atoms with Crippen LogP contribution in [-0.2, 0) is 16.1 Å². The highest BCUT2D eigenvalue weighted by atomic mass is 79.9. The van der Waals surface area contributed by atoms with Gasteiger partial charge in [0.2, 0.25) is 5.91 Å². The van der Waals surface area contributed by atoms with Crippen molar-refractivity contribution >= 4 is 27.7 Å². The van der Waals surface area contributed by atoms with E-state index in [0.717, 1.165) is 21.2 Å². The Morgan fingerprint density at radius 2 is 1.82 bits per heavy atom. The summed E-state index contributed by atoms with van der Waals surface area (Å²) in [6.45, 7) is 8.28. The third-order valence-corrected chi connectivity index (χ3v) is 4.81. The average molecular weight is 447 g/mol. The molecule has 150 valence electrons. The molecule has 6 heteroatoms. The van der Waals surface area contributed by atoms with Gasteiger partial charge < -0.3 is 15.0 Å². The molecular weight excluding hydrogens is 420 g/mol. The fourth-order valence-electron chi connectivity index (χ4n) is 2.98. The second-order valence-corrected chi connectivity index (χ2v) is 7.75. The number of carbonyl (C=O) groups is 2. The Morgan fingerprint density at radius 3 is 2.43 bits per heavy atom. The zero-order chi connectivity index (χ0) is 20.7. The van der Waals surface area contributed by atoms with Crippen molar-refractivity contribution in [1.82, 2.24) is 10.2 Å². The fraction of sp³-hybridized carbons (Fsp3) is 0.364. The van der Waals surface area contributed by atoms with Crippen molar-refractivity contribution in [3.8, 4) is 5.75 Å². The number of aryl methyl sites for hydroxylation is 2. The number of hydrogen-bond acceptors (Lipinski definition) is 3. The Bertz CT molecular complexity index is 818. The van der Waals surface area contributed by atoms with Crippen LogP contribution in [0.25, 0.3) is 0 Å². The van der Waals surface area contributed by atoms with Crippen LogP contribution in [0.1, 0.15) is 30.5 Å². The Labute approximate surface area is 175 Å². The van der Waals surface area contributed by atoms with Crippen molar-refractivity contribution in [2.24, 2.45) is 0 Å². The van der Waals surface area contributed by atoms with E-state index in [0.29, 0.717) is 18.8 Å². The Morgan fingerprint density at radius 1 is 1.14 bits per heavy atom. The van der Waals surface area contributed by atoms with Crippen LogP contribution in [0, 0.1) is 13.8 Å². The number of rotatable bonds is 8. The van der Waals surface area contributed by atoms with Gasteiger partial charge in [0.15, 0.2) is 6.61 Å². The van der Waals surface area contributed by atoms with Gasteiger partial charge in [-0.2, -0.15) is 0 Å². The van der Waals surface area contributed by atoms with Crippen molar-refractivity contribution in [3.63, 3.8) is 0 Å². The van der Waals surface area contributed by atoms with Crippen LogP contribution in [0.5, 0.6) is 5.75 Å². The van der Waals surface area contributed by atoms with E-state index in [9.17, 15) is 9.59 Å². The van der Waals surface area contributed by atoms with E-state index in [-0.39, 0.29) is 18.4 Å². The summed E-state index contributed by atoms with van der Waals surface area (Å²) >= 11 is 3.45. The molecule has 0 saturated heterocycles. The van der Waals surface area contributed by atoms with E-state index >= 15 is 0 Å². The van der Waals surface area contributed by atoms with Crippen LogP contribution in [0.4, 0.5) is 0 Å². The Balaban J connectivity index is 2.16. The van der Waals surface area contributed by atoms with Crippen molar-refractivity contribution in [2.75, 3.05) is 13.2 Å². The molecule has 0 bridgehead atoms. The van der Waals surface area contributed by atoms with Gasteiger partial charge in [-0.15, -0.1) is 0 Å². The largest absolute Gasteiger partial charge is 0.484 e. The van der Waals surface area contributed by atoms with Crippen LogP contribution in [0.2, 0.25) is 0 Å². The lowest BCUT2D eigenvalue weighted by atomic mass is 10.1. The van der Waals surface area contributed by atoms with E-state index < -0.39 is 6.04 Å². The first kappa shape index (κ1) is 22.0. The van der Waals surface area contributed by atoms with Crippen LogP contribution < -0.4 is 10.1 Å². The van der Waals surface area contributed by atoms with Crippen molar-refractivity contribution in [2.45, 2.75) is 40.3 Å². The van der Waals surface area contributed by atoms with Gasteiger partial charge >= 0.3 is 0 Å². The van der Waals surface area contributed by atoms with Gasteiger partial charge in [0.25, 0.3) is 5.91 Å². The van der Waals surface area contributed by atoms with E-state index in [1.165, 1.54) is 0 Å². The predicted octanol–water partition coefficient (Wildman–Crippen LogP) is 4.00. The van der Waals surface area contributed by atoms with E-state index in [2.05, 4.69) is 21.2 Å². The summed E-state index contributed by atoms with van der Waals surface area (Å²) in [5, 5.41) is 2.78. The van der Waals surface area contributed by atoms with Gasteiger partial charge in [-0.3, -0.25) is 9.59 Å². The molecular formula is C22H27BrN2O3. The van der Waals surface area contributed by atoms with Crippen LogP contribution >= 0.6 is 15.9 Å². The minimum absolute atomic E-state index is 0.124. The zero-order valence-corrected chi connectivity index (χ0v) is 18.4. The quantitative estimate of drug-likeness (QED) is 0.666. The summed E-state index contributed by atoms with van der Waals surface area (Å²) in [6, 6.07) is 12.9. The van der Waals surface area contributed by atoms with Gasteiger partial charge in [-0.05, 0) is 68.7 Å². The summed E-state index contributed by atoms with van der Waals surface area (Å²) in [6.07, 6.45) is 0.